The lowest BCUT2D eigenvalue weighted by Crippen LogP contribution is -2.15. The topological polar surface area (TPSA) is 91.4 Å². The van der Waals surface area contributed by atoms with Crippen LogP contribution in [0.2, 0.25) is 5.02 Å². The molecule has 2 heterocycles. The summed E-state index contributed by atoms with van der Waals surface area (Å²) in [6.07, 6.45) is 1.58. The van der Waals surface area contributed by atoms with Crippen LogP contribution in [0.5, 0.6) is 11.5 Å². The molecule has 0 saturated carbocycles. The third-order valence-corrected chi connectivity index (χ3v) is 5.12. The van der Waals surface area contributed by atoms with E-state index in [0.717, 1.165) is 0 Å². The SMILES string of the molecule is CCn1c(SCC(=O)Nc2cc(OC)c(Cl)cc2OC)nnc1-c1ccco1. The number of amides is 1. The Bertz CT molecular complexity index is 959. The number of ether oxygens (including phenoxy) is 2. The summed E-state index contributed by atoms with van der Waals surface area (Å²) in [4.78, 5) is 12.4. The van der Waals surface area contributed by atoms with Crippen molar-refractivity contribution in [1.29, 1.82) is 0 Å². The number of carbonyl (C=O) groups is 1. The zero-order valence-corrected chi connectivity index (χ0v) is 17.1. The summed E-state index contributed by atoms with van der Waals surface area (Å²) in [6, 6.07) is 6.81. The van der Waals surface area contributed by atoms with Crippen LogP contribution in [-0.4, -0.2) is 40.6 Å². The van der Waals surface area contributed by atoms with Gasteiger partial charge in [-0.25, -0.2) is 0 Å². The highest BCUT2D eigenvalue weighted by molar-refractivity contribution is 7.99. The fourth-order valence-electron chi connectivity index (χ4n) is 2.54. The van der Waals surface area contributed by atoms with Crippen molar-refractivity contribution in [3.05, 3.63) is 35.6 Å². The van der Waals surface area contributed by atoms with E-state index >= 15 is 0 Å². The molecule has 0 aliphatic rings. The van der Waals surface area contributed by atoms with Crippen LogP contribution >= 0.6 is 23.4 Å². The molecule has 10 heteroatoms. The number of hydrogen-bond acceptors (Lipinski definition) is 7. The van der Waals surface area contributed by atoms with Gasteiger partial charge in [-0.3, -0.25) is 9.36 Å². The number of anilines is 1. The maximum atomic E-state index is 12.4. The Hall–Kier alpha value is -2.65. The van der Waals surface area contributed by atoms with E-state index in [1.165, 1.54) is 26.0 Å². The summed E-state index contributed by atoms with van der Waals surface area (Å²) in [5.41, 5.74) is 0.475. The van der Waals surface area contributed by atoms with Gasteiger partial charge in [-0.2, -0.15) is 0 Å². The molecule has 3 rings (SSSR count). The molecule has 0 aliphatic heterocycles. The van der Waals surface area contributed by atoms with Gasteiger partial charge < -0.3 is 19.2 Å². The highest BCUT2D eigenvalue weighted by Crippen LogP contribution is 2.36. The normalized spacial score (nSPS) is 10.7. The quantitative estimate of drug-likeness (QED) is 0.549. The zero-order valence-electron chi connectivity index (χ0n) is 15.6. The zero-order chi connectivity index (χ0) is 20.1. The Morgan fingerprint density at radius 2 is 2.07 bits per heavy atom. The summed E-state index contributed by atoms with van der Waals surface area (Å²) in [5.74, 6) is 2.06. The van der Waals surface area contributed by atoms with Gasteiger partial charge in [0.05, 0.1) is 36.9 Å². The molecule has 0 aliphatic carbocycles. The molecule has 0 spiro atoms. The number of benzene rings is 1. The molecule has 0 unspecified atom stereocenters. The van der Waals surface area contributed by atoms with Gasteiger partial charge >= 0.3 is 0 Å². The number of aromatic nitrogens is 3. The van der Waals surface area contributed by atoms with Gasteiger partial charge in [0.25, 0.3) is 0 Å². The smallest absolute Gasteiger partial charge is 0.234 e. The Kier molecular flexibility index (Phi) is 6.48. The number of furan rings is 1. The Morgan fingerprint density at radius 1 is 1.29 bits per heavy atom. The van der Waals surface area contributed by atoms with Crippen LogP contribution < -0.4 is 14.8 Å². The highest BCUT2D eigenvalue weighted by atomic mass is 35.5. The lowest BCUT2D eigenvalue weighted by Gasteiger charge is -2.13. The van der Waals surface area contributed by atoms with Crippen LogP contribution in [0, 0.1) is 0 Å². The van der Waals surface area contributed by atoms with Crippen molar-refractivity contribution in [2.75, 3.05) is 25.3 Å². The minimum atomic E-state index is -0.224. The lowest BCUT2D eigenvalue weighted by atomic mass is 10.2. The standard InChI is InChI=1S/C18H19ClN4O4S/c1-4-23-17(13-6-5-7-27-13)21-22-18(23)28-10-16(24)20-12-9-14(25-2)11(19)8-15(12)26-3/h5-9H,4,10H2,1-3H3,(H,20,24). The number of nitrogens with zero attached hydrogens (tertiary/aromatic N) is 3. The van der Waals surface area contributed by atoms with Crippen molar-refractivity contribution in [2.45, 2.75) is 18.6 Å². The van der Waals surface area contributed by atoms with Gasteiger partial charge in [-0.05, 0) is 19.1 Å². The van der Waals surface area contributed by atoms with Crippen LogP contribution in [0.1, 0.15) is 6.92 Å². The molecule has 0 bridgehead atoms. The molecule has 0 fully saturated rings. The summed E-state index contributed by atoms with van der Waals surface area (Å²) < 4.78 is 17.7. The summed E-state index contributed by atoms with van der Waals surface area (Å²) in [6.45, 7) is 2.62. The van der Waals surface area contributed by atoms with Gasteiger partial charge in [0.15, 0.2) is 16.7 Å². The number of hydrogen-bond donors (Lipinski definition) is 1. The minimum absolute atomic E-state index is 0.143. The lowest BCUT2D eigenvalue weighted by molar-refractivity contribution is -0.113. The predicted molar refractivity (Wildman–Crippen MR) is 107 cm³/mol. The Balaban J connectivity index is 1.70. The van der Waals surface area contributed by atoms with E-state index < -0.39 is 0 Å². The molecular formula is C18H19ClN4O4S. The largest absolute Gasteiger partial charge is 0.495 e. The predicted octanol–water partition coefficient (Wildman–Crippen LogP) is 3.96. The second-order valence-electron chi connectivity index (χ2n) is 5.55. The molecule has 3 aromatic rings. The molecule has 148 valence electrons. The summed E-state index contributed by atoms with van der Waals surface area (Å²) in [5, 5.41) is 12.2. The second kappa shape index (κ2) is 9.03. The van der Waals surface area contributed by atoms with E-state index in [9.17, 15) is 4.79 Å². The van der Waals surface area contributed by atoms with Crippen molar-refractivity contribution >= 4 is 35.0 Å². The monoisotopic (exact) mass is 422 g/mol. The van der Waals surface area contributed by atoms with E-state index in [0.29, 0.717) is 45.5 Å². The summed E-state index contributed by atoms with van der Waals surface area (Å²) >= 11 is 7.37. The molecule has 1 aromatic carbocycles. The van der Waals surface area contributed by atoms with Gasteiger partial charge in [0, 0.05) is 18.7 Å². The number of methoxy groups -OCH3 is 2. The van der Waals surface area contributed by atoms with Gasteiger partial charge in [-0.15, -0.1) is 10.2 Å². The average Bonchev–Trinajstić information content (AvgIpc) is 3.36. The molecular weight excluding hydrogens is 404 g/mol. The Morgan fingerprint density at radius 3 is 2.71 bits per heavy atom. The minimum Gasteiger partial charge on any atom is -0.495 e. The maximum absolute atomic E-state index is 12.4. The highest BCUT2D eigenvalue weighted by Gasteiger charge is 2.17. The first-order valence-corrected chi connectivity index (χ1v) is 9.75. The number of halogens is 1. The second-order valence-corrected chi connectivity index (χ2v) is 6.90. The fourth-order valence-corrected chi connectivity index (χ4v) is 3.58. The van der Waals surface area contributed by atoms with E-state index in [2.05, 4.69) is 15.5 Å². The first-order valence-electron chi connectivity index (χ1n) is 8.38. The molecule has 0 radical (unpaired) electrons. The van der Waals surface area contributed by atoms with Crippen LogP contribution in [0.4, 0.5) is 5.69 Å². The van der Waals surface area contributed by atoms with E-state index in [1.807, 2.05) is 17.6 Å². The fraction of sp³-hybridized carbons (Fsp3) is 0.278. The van der Waals surface area contributed by atoms with Crippen molar-refractivity contribution in [3.63, 3.8) is 0 Å². The molecule has 1 amide bonds. The maximum Gasteiger partial charge on any atom is 0.234 e. The number of thioether (sulfide) groups is 1. The van der Waals surface area contributed by atoms with Crippen molar-refractivity contribution < 1.29 is 18.7 Å². The molecule has 0 atom stereocenters. The molecule has 2 aromatic heterocycles. The third kappa shape index (κ3) is 4.26. The Labute approximate surface area is 171 Å². The number of carbonyl (C=O) groups excluding carboxylic acids is 1. The molecule has 1 N–H and O–H groups in total. The van der Waals surface area contributed by atoms with Crippen LogP contribution in [0.25, 0.3) is 11.6 Å². The first kappa shape index (κ1) is 20.1. The van der Waals surface area contributed by atoms with Gasteiger partial charge in [0.2, 0.25) is 5.91 Å². The van der Waals surface area contributed by atoms with Crippen molar-refractivity contribution in [2.24, 2.45) is 0 Å². The van der Waals surface area contributed by atoms with Gasteiger partial charge in [-0.1, -0.05) is 23.4 Å². The van der Waals surface area contributed by atoms with E-state index in [1.54, 1.807) is 24.5 Å². The van der Waals surface area contributed by atoms with Crippen molar-refractivity contribution in [1.82, 2.24) is 14.8 Å². The third-order valence-electron chi connectivity index (χ3n) is 3.86. The van der Waals surface area contributed by atoms with Crippen LogP contribution in [-0.2, 0) is 11.3 Å². The van der Waals surface area contributed by atoms with Crippen LogP contribution in [0.15, 0.2) is 40.1 Å². The van der Waals surface area contributed by atoms with E-state index in [4.69, 9.17) is 25.5 Å². The van der Waals surface area contributed by atoms with Gasteiger partial charge in [0.1, 0.15) is 11.5 Å². The van der Waals surface area contributed by atoms with Crippen LogP contribution in [0.3, 0.4) is 0 Å². The molecule has 8 nitrogen and oxygen atoms in total. The summed E-state index contributed by atoms with van der Waals surface area (Å²) in [7, 11) is 3.01. The molecule has 28 heavy (non-hydrogen) atoms. The number of nitrogens with one attached hydrogen (secondary N) is 1. The number of rotatable bonds is 8. The van der Waals surface area contributed by atoms with E-state index in [-0.39, 0.29) is 11.7 Å². The first-order chi connectivity index (χ1) is 13.6. The molecule has 0 saturated heterocycles. The average molecular weight is 423 g/mol. The van der Waals surface area contributed by atoms with Crippen molar-refractivity contribution in [3.8, 4) is 23.1 Å².